The first-order chi connectivity index (χ1) is 9.91. The van der Waals surface area contributed by atoms with Gasteiger partial charge in [0, 0.05) is 31.9 Å². The van der Waals surface area contributed by atoms with Crippen molar-refractivity contribution in [2.75, 3.05) is 38.5 Å². The third-order valence-corrected chi connectivity index (χ3v) is 3.92. The molecule has 1 N–H and O–H groups in total. The number of carbonyl (C=O) groups excluding carboxylic acids is 2. The van der Waals surface area contributed by atoms with Gasteiger partial charge in [-0.15, -0.1) is 0 Å². The Hall–Kier alpha value is -1.88. The first kappa shape index (κ1) is 15.5. The molecule has 0 atom stereocenters. The number of nitrogens with zero attached hydrogens (tertiary/aromatic N) is 2. The maximum absolute atomic E-state index is 12.6. The smallest absolute Gasteiger partial charge is 0.239 e. The molecule has 1 fully saturated rings. The molecule has 0 spiro atoms. The minimum atomic E-state index is -1.06. The Morgan fingerprint density at radius 1 is 1.05 bits per heavy atom. The molecule has 0 aromatic heterocycles. The van der Waals surface area contributed by atoms with Crippen molar-refractivity contribution in [3.63, 3.8) is 0 Å². The Labute approximate surface area is 125 Å². The number of benzene rings is 1. The van der Waals surface area contributed by atoms with Crippen LogP contribution in [0.15, 0.2) is 30.3 Å². The second kappa shape index (κ2) is 6.26. The van der Waals surface area contributed by atoms with Gasteiger partial charge < -0.3 is 15.1 Å². The van der Waals surface area contributed by atoms with Gasteiger partial charge in [0.15, 0.2) is 0 Å². The Morgan fingerprint density at radius 2 is 1.62 bits per heavy atom. The molecule has 1 aliphatic heterocycles. The number of rotatable bonds is 3. The predicted octanol–water partition coefficient (Wildman–Crippen LogP) is 1.43. The zero-order valence-electron chi connectivity index (χ0n) is 12.9. The van der Waals surface area contributed by atoms with Crippen molar-refractivity contribution in [1.82, 2.24) is 9.80 Å². The number of carbonyl (C=O) groups is 2. The molecular formula is C16H23N3O2. The first-order valence-electron chi connectivity index (χ1n) is 7.25. The van der Waals surface area contributed by atoms with Crippen LogP contribution in [0.2, 0.25) is 0 Å². The summed E-state index contributed by atoms with van der Waals surface area (Å²) in [6.07, 6.45) is 0. The molecule has 2 amide bonds. The van der Waals surface area contributed by atoms with Crippen LogP contribution < -0.4 is 5.32 Å². The zero-order valence-corrected chi connectivity index (χ0v) is 12.9. The molecule has 0 saturated carbocycles. The van der Waals surface area contributed by atoms with E-state index in [1.165, 1.54) is 0 Å². The SMILES string of the molecule is CN1CCN(C(=O)C(C)(C)C(=O)Nc2ccccc2)CC1. The third kappa shape index (κ3) is 3.61. The van der Waals surface area contributed by atoms with E-state index in [9.17, 15) is 9.59 Å². The summed E-state index contributed by atoms with van der Waals surface area (Å²) in [7, 11) is 2.04. The van der Waals surface area contributed by atoms with Crippen LogP contribution in [0.1, 0.15) is 13.8 Å². The molecule has 0 bridgehead atoms. The van der Waals surface area contributed by atoms with Crippen molar-refractivity contribution in [1.29, 1.82) is 0 Å². The van der Waals surface area contributed by atoms with Crippen LogP contribution in [0, 0.1) is 5.41 Å². The molecule has 0 radical (unpaired) electrons. The highest BCUT2D eigenvalue weighted by Crippen LogP contribution is 2.22. The van der Waals surface area contributed by atoms with E-state index in [1.807, 2.05) is 37.4 Å². The molecule has 1 aromatic carbocycles. The summed E-state index contributed by atoms with van der Waals surface area (Å²) in [4.78, 5) is 29.0. The molecule has 5 nitrogen and oxygen atoms in total. The van der Waals surface area contributed by atoms with Crippen molar-refractivity contribution < 1.29 is 9.59 Å². The summed E-state index contributed by atoms with van der Waals surface area (Å²) in [6.45, 7) is 6.43. The summed E-state index contributed by atoms with van der Waals surface area (Å²) in [6, 6.07) is 9.22. The molecule has 5 heteroatoms. The van der Waals surface area contributed by atoms with E-state index in [-0.39, 0.29) is 11.8 Å². The maximum atomic E-state index is 12.6. The molecule has 21 heavy (non-hydrogen) atoms. The predicted molar refractivity (Wildman–Crippen MR) is 82.9 cm³/mol. The van der Waals surface area contributed by atoms with Gasteiger partial charge >= 0.3 is 0 Å². The van der Waals surface area contributed by atoms with Gasteiger partial charge in [0.25, 0.3) is 0 Å². The maximum Gasteiger partial charge on any atom is 0.239 e. The van der Waals surface area contributed by atoms with E-state index in [2.05, 4.69) is 10.2 Å². The number of amides is 2. The molecule has 2 rings (SSSR count). The number of likely N-dealkylation sites (N-methyl/N-ethyl adjacent to an activating group) is 1. The van der Waals surface area contributed by atoms with Gasteiger partial charge in [-0.1, -0.05) is 18.2 Å². The summed E-state index contributed by atoms with van der Waals surface area (Å²) in [5.41, 5.74) is -0.354. The van der Waals surface area contributed by atoms with Gasteiger partial charge in [-0.25, -0.2) is 0 Å². The summed E-state index contributed by atoms with van der Waals surface area (Å²) in [5, 5.41) is 2.81. The lowest BCUT2D eigenvalue weighted by Gasteiger charge is -2.36. The summed E-state index contributed by atoms with van der Waals surface area (Å²) >= 11 is 0. The zero-order chi connectivity index (χ0) is 15.5. The van der Waals surface area contributed by atoms with Gasteiger partial charge in [-0.05, 0) is 33.0 Å². The third-order valence-electron chi connectivity index (χ3n) is 3.92. The standard InChI is InChI=1S/C16H23N3O2/c1-16(2,14(20)17-13-7-5-4-6-8-13)15(21)19-11-9-18(3)10-12-19/h4-8H,9-12H2,1-3H3,(H,17,20). The van der Waals surface area contributed by atoms with Crippen molar-refractivity contribution in [3.05, 3.63) is 30.3 Å². The van der Waals surface area contributed by atoms with Crippen LogP contribution >= 0.6 is 0 Å². The minimum absolute atomic E-state index is 0.107. The van der Waals surface area contributed by atoms with E-state index in [4.69, 9.17) is 0 Å². The van der Waals surface area contributed by atoms with Crippen LogP contribution in [-0.2, 0) is 9.59 Å². The topological polar surface area (TPSA) is 52.7 Å². The van der Waals surface area contributed by atoms with Crippen molar-refractivity contribution >= 4 is 17.5 Å². The van der Waals surface area contributed by atoms with Crippen molar-refractivity contribution in [2.45, 2.75) is 13.8 Å². The van der Waals surface area contributed by atoms with Gasteiger partial charge in [-0.3, -0.25) is 9.59 Å². The van der Waals surface area contributed by atoms with Gasteiger partial charge in [0.05, 0.1) is 0 Å². The number of anilines is 1. The monoisotopic (exact) mass is 289 g/mol. The molecule has 1 aromatic rings. The second-order valence-electron chi connectivity index (χ2n) is 6.04. The Morgan fingerprint density at radius 3 is 2.19 bits per heavy atom. The van der Waals surface area contributed by atoms with Crippen LogP contribution in [0.25, 0.3) is 0 Å². The van der Waals surface area contributed by atoms with Crippen molar-refractivity contribution in [3.8, 4) is 0 Å². The number of piperazine rings is 1. The largest absolute Gasteiger partial charge is 0.339 e. The fraction of sp³-hybridized carbons (Fsp3) is 0.500. The quantitative estimate of drug-likeness (QED) is 0.856. The molecule has 1 saturated heterocycles. The number of para-hydroxylation sites is 1. The van der Waals surface area contributed by atoms with E-state index >= 15 is 0 Å². The van der Waals surface area contributed by atoms with Crippen LogP contribution in [-0.4, -0.2) is 54.8 Å². The lowest BCUT2D eigenvalue weighted by atomic mass is 9.89. The molecule has 0 unspecified atom stereocenters. The average molecular weight is 289 g/mol. The minimum Gasteiger partial charge on any atom is -0.339 e. The van der Waals surface area contributed by atoms with E-state index in [1.54, 1.807) is 18.7 Å². The molecule has 114 valence electrons. The van der Waals surface area contributed by atoms with Crippen LogP contribution in [0.3, 0.4) is 0 Å². The van der Waals surface area contributed by atoms with Crippen molar-refractivity contribution in [2.24, 2.45) is 5.41 Å². The van der Waals surface area contributed by atoms with E-state index in [0.717, 1.165) is 13.1 Å². The molecule has 1 heterocycles. The lowest BCUT2D eigenvalue weighted by Crippen LogP contribution is -2.53. The van der Waals surface area contributed by atoms with Gasteiger partial charge in [-0.2, -0.15) is 0 Å². The fourth-order valence-corrected chi connectivity index (χ4v) is 2.31. The summed E-state index contributed by atoms with van der Waals surface area (Å²) < 4.78 is 0. The highest BCUT2D eigenvalue weighted by molar-refractivity contribution is 6.09. The first-order valence-corrected chi connectivity index (χ1v) is 7.25. The van der Waals surface area contributed by atoms with E-state index < -0.39 is 5.41 Å². The van der Waals surface area contributed by atoms with Crippen LogP contribution in [0.5, 0.6) is 0 Å². The Bertz CT molecular complexity index is 506. The highest BCUT2D eigenvalue weighted by atomic mass is 16.2. The van der Waals surface area contributed by atoms with Crippen LogP contribution in [0.4, 0.5) is 5.69 Å². The molecular weight excluding hydrogens is 266 g/mol. The normalized spacial score (nSPS) is 16.6. The lowest BCUT2D eigenvalue weighted by molar-refractivity contribution is -0.147. The molecule has 1 aliphatic rings. The average Bonchev–Trinajstić information content (AvgIpc) is 2.48. The fourth-order valence-electron chi connectivity index (χ4n) is 2.31. The Kier molecular flexibility index (Phi) is 4.63. The van der Waals surface area contributed by atoms with Gasteiger partial charge in [0.2, 0.25) is 11.8 Å². The second-order valence-corrected chi connectivity index (χ2v) is 6.04. The number of nitrogens with one attached hydrogen (secondary N) is 1. The highest BCUT2D eigenvalue weighted by Gasteiger charge is 2.39. The number of hydrogen-bond acceptors (Lipinski definition) is 3. The van der Waals surface area contributed by atoms with Gasteiger partial charge in [0.1, 0.15) is 5.41 Å². The Balaban J connectivity index is 2.02. The van der Waals surface area contributed by atoms with E-state index in [0.29, 0.717) is 18.8 Å². The molecule has 0 aliphatic carbocycles. The summed E-state index contributed by atoms with van der Waals surface area (Å²) in [5.74, 6) is -0.373. The number of hydrogen-bond donors (Lipinski definition) is 1.